The number of aromatic amines is 2. The van der Waals surface area contributed by atoms with Crippen LogP contribution in [0.1, 0.15) is 6.92 Å². The van der Waals surface area contributed by atoms with E-state index in [1.165, 1.54) is 0 Å². The van der Waals surface area contributed by atoms with Crippen molar-refractivity contribution in [3.05, 3.63) is 28.7 Å². The summed E-state index contributed by atoms with van der Waals surface area (Å²) in [6.45, 7) is 1.15. The minimum atomic E-state index is -0.778. The zero-order valence-electron chi connectivity index (χ0n) is 9.46. The summed E-state index contributed by atoms with van der Waals surface area (Å²) in [5.74, 6) is -1.39. The van der Waals surface area contributed by atoms with Gasteiger partial charge in [0.2, 0.25) is 0 Å². The molecule has 0 atom stereocenters. The standard InChI is InChI=1S/C11H10N4O3/c1-5(16)9(12)10(17)13-6-2-3-7-8(4-6)15-11(18)14-7/h2-4,12H,1H3,(H,13,17)(H2,14,15,18). The quantitative estimate of drug-likeness (QED) is 0.463. The van der Waals surface area contributed by atoms with Gasteiger partial charge in [0.05, 0.1) is 11.0 Å². The molecule has 0 unspecified atom stereocenters. The lowest BCUT2D eigenvalue weighted by Gasteiger charge is -2.04. The fourth-order valence-electron chi connectivity index (χ4n) is 1.46. The number of aromatic nitrogens is 2. The van der Waals surface area contributed by atoms with Crippen LogP contribution >= 0.6 is 0 Å². The number of carbonyl (C=O) groups excluding carboxylic acids is 2. The number of amides is 1. The van der Waals surface area contributed by atoms with Gasteiger partial charge in [0.25, 0.3) is 5.91 Å². The van der Waals surface area contributed by atoms with Crippen molar-refractivity contribution in [1.82, 2.24) is 9.97 Å². The van der Waals surface area contributed by atoms with Gasteiger partial charge >= 0.3 is 5.69 Å². The first kappa shape index (κ1) is 11.8. The lowest BCUT2D eigenvalue weighted by atomic mass is 10.2. The molecule has 7 nitrogen and oxygen atoms in total. The first-order valence-electron chi connectivity index (χ1n) is 5.10. The topological polar surface area (TPSA) is 119 Å². The number of carbonyl (C=O) groups is 2. The van der Waals surface area contributed by atoms with Gasteiger partial charge in [-0.3, -0.25) is 15.0 Å². The van der Waals surface area contributed by atoms with E-state index in [0.717, 1.165) is 6.92 Å². The highest BCUT2D eigenvalue weighted by molar-refractivity contribution is 6.66. The van der Waals surface area contributed by atoms with Crippen molar-refractivity contribution < 1.29 is 9.59 Å². The maximum atomic E-state index is 11.5. The zero-order chi connectivity index (χ0) is 13.3. The predicted molar refractivity (Wildman–Crippen MR) is 66.0 cm³/mol. The van der Waals surface area contributed by atoms with Crippen LogP contribution in [0.25, 0.3) is 11.0 Å². The summed E-state index contributed by atoms with van der Waals surface area (Å²) in [6, 6.07) is 4.72. The van der Waals surface area contributed by atoms with Crippen molar-refractivity contribution in [3.8, 4) is 0 Å². The van der Waals surface area contributed by atoms with E-state index in [-0.39, 0.29) is 5.69 Å². The van der Waals surface area contributed by atoms with E-state index in [0.29, 0.717) is 16.7 Å². The van der Waals surface area contributed by atoms with Gasteiger partial charge in [0.1, 0.15) is 0 Å². The molecule has 0 aliphatic carbocycles. The molecule has 18 heavy (non-hydrogen) atoms. The summed E-state index contributed by atoms with van der Waals surface area (Å²) in [7, 11) is 0. The van der Waals surface area contributed by atoms with Gasteiger partial charge in [-0.25, -0.2) is 4.79 Å². The average Bonchev–Trinajstić information content (AvgIpc) is 2.67. The maximum Gasteiger partial charge on any atom is 0.323 e. The highest BCUT2D eigenvalue weighted by Crippen LogP contribution is 2.14. The number of ketones is 1. The third-order valence-electron chi connectivity index (χ3n) is 2.35. The molecule has 1 aromatic carbocycles. The Morgan fingerprint density at radius 2 is 1.89 bits per heavy atom. The normalized spacial score (nSPS) is 10.3. The van der Waals surface area contributed by atoms with Crippen LogP contribution < -0.4 is 11.0 Å². The van der Waals surface area contributed by atoms with E-state index < -0.39 is 17.4 Å². The van der Waals surface area contributed by atoms with E-state index in [1.807, 2.05) is 0 Å². The second-order valence-corrected chi connectivity index (χ2v) is 3.72. The van der Waals surface area contributed by atoms with Crippen molar-refractivity contribution in [2.45, 2.75) is 6.92 Å². The van der Waals surface area contributed by atoms with Crippen LogP contribution in [0.4, 0.5) is 5.69 Å². The molecule has 2 rings (SSSR count). The van der Waals surface area contributed by atoms with Crippen LogP contribution in [0.15, 0.2) is 23.0 Å². The van der Waals surface area contributed by atoms with Gasteiger partial charge in [-0.05, 0) is 18.2 Å². The van der Waals surface area contributed by atoms with Gasteiger partial charge in [0, 0.05) is 12.6 Å². The lowest BCUT2D eigenvalue weighted by molar-refractivity contribution is -0.114. The van der Waals surface area contributed by atoms with Gasteiger partial charge in [-0.2, -0.15) is 0 Å². The zero-order valence-corrected chi connectivity index (χ0v) is 9.46. The summed E-state index contributed by atoms with van der Waals surface area (Å²) in [6.07, 6.45) is 0. The monoisotopic (exact) mass is 246 g/mol. The number of rotatable bonds is 3. The number of nitrogens with one attached hydrogen (secondary N) is 4. The Hall–Kier alpha value is -2.70. The van der Waals surface area contributed by atoms with E-state index in [4.69, 9.17) is 5.41 Å². The summed E-state index contributed by atoms with van der Waals surface area (Å²) in [5.41, 5.74) is 0.586. The Morgan fingerprint density at radius 1 is 1.22 bits per heavy atom. The molecular weight excluding hydrogens is 236 g/mol. The number of imidazole rings is 1. The second-order valence-electron chi connectivity index (χ2n) is 3.72. The Morgan fingerprint density at radius 3 is 2.56 bits per heavy atom. The molecule has 2 aromatic rings. The van der Waals surface area contributed by atoms with Crippen LogP contribution in [0.3, 0.4) is 0 Å². The van der Waals surface area contributed by atoms with Crippen LogP contribution in [-0.4, -0.2) is 27.4 Å². The third-order valence-corrected chi connectivity index (χ3v) is 2.35. The largest absolute Gasteiger partial charge is 0.323 e. The number of H-pyrrole nitrogens is 2. The number of fused-ring (bicyclic) bond motifs is 1. The first-order valence-corrected chi connectivity index (χ1v) is 5.10. The van der Waals surface area contributed by atoms with Gasteiger partial charge in [0.15, 0.2) is 11.5 Å². The molecule has 0 fully saturated rings. The molecule has 0 bridgehead atoms. The smallest absolute Gasteiger partial charge is 0.320 e. The molecule has 1 heterocycles. The number of anilines is 1. The molecule has 0 aliphatic rings. The number of hydrogen-bond acceptors (Lipinski definition) is 4. The predicted octanol–water partition coefficient (Wildman–Crippen LogP) is 0.403. The Balaban J connectivity index is 2.27. The molecule has 0 saturated carbocycles. The van der Waals surface area contributed by atoms with Crippen molar-refractivity contribution in [3.63, 3.8) is 0 Å². The SMILES string of the molecule is CC(=O)C(=N)C(=O)Nc1ccc2[nH]c(=O)[nH]c2c1. The molecule has 92 valence electrons. The molecule has 0 saturated heterocycles. The first-order chi connectivity index (χ1) is 8.47. The Kier molecular flexibility index (Phi) is 2.80. The van der Waals surface area contributed by atoms with Crippen LogP contribution in [0.2, 0.25) is 0 Å². The van der Waals surface area contributed by atoms with E-state index >= 15 is 0 Å². The highest BCUT2D eigenvalue weighted by atomic mass is 16.2. The van der Waals surface area contributed by atoms with Crippen molar-refractivity contribution in [2.75, 3.05) is 5.32 Å². The minimum absolute atomic E-state index is 0.343. The summed E-state index contributed by atoms with van der Waals surface area (Å²) >= 11 is 0. The van der Waals surface area contributed by atoms with Crippen molar-refractivity contribution in [2.24, 2.45) is 0 Å². The van der Waals surface area contributed by atoms with Gasteiger partial charge in [-0.1, -0.05) is 0 Å². The second kappa shape index (κ2) is 4.28. The van der Waals surface area contributed by atoms with E-state index in [1.54, 1.807) is 18.2 Å². The van der Waals surface area contributed by atoms with E-state index in [2.05, 4.69) is 15.3 Å². The highest BCUT2D eigenvalue weighted by Gasteiger charge is 2.14. The maximum absolute atomic E-state index is 11.5. The summed E-state index contributed by atoms with van der Waals surface area (Å²) in [4.78, 5) is 38.5. The van der Waals surface area contributed by atoms with Crippen LogP contribution in [-0.2, 0) is 9.59 Å². The lowest BCUT2D eigenvalue weighted by Crippen LogP contribution is -2.27. The third kappa shape index (κ3) is 2.19. The van der Waals surface area contributed by atoms with Crippen molar-refractivity contribution >= 4 is 34.1 Å². The Labute approximate surface area is 101 Å². The number of hydrogen-bond donors (Lipinski definition) is 4. The summed E-state index contributed by atoms with van der Waals surface area (Å²) < 4.78 is 0. The average molecular weight is 246 g/mol. The molecule has 0 spiro atoms. The molecular formula is C11H10N4O3. The molecule has 0 aliphatic heterocycles. The summed E-state index contributed by atoms with van der Waals surface area (Å²) in [5, 5.41) is 9.64. The van der Waals surface area contributed by atoms with Gasteiger partial charge in [-0.15, -0.1) is 0 Å². The fraction of sp³-hybridized carbons (Fsp3) is 0.0909. The van der Waals surface area contributed by atoms with Gasteiger partial charge < -0.3 is 15.3 Å². The Bertz CT molecular complexity index is 710. The number of benzene rings is 1. The molecule has 1 amide bonds. The molecule has 7 heteroatoms. The van der Waals surface area contributed by atoms with Crippen molar-refractivity contribution in [1.29, 1.82) is 5.41 Å². The molecule has 4 N–H and O–H groups in total. The van der Waals surface area contributed by atoms with Crippen LogP contribution in [0, 0.1) is 5.41 Å². The minimum Gasteiger partial charge on any atom is -0.320 e. The fourth-order valence-corrected chi connectivity index (χ4v) is 1.46. The van der Waals surface area contributed by atoms with E-state index in [9.17, 15) is 14.4 Å². The van der Waals surface area contributed by atoms with Crippen LogP contribution in [0.5, 0.6) is 0 Å². The number of Topliss-reactive ketones (excluding diaryl/α,β-unsaturated/α-hetero) is 1. The molecule has 0 radical (unpaired) electrons. The molecule has 1 aromatic heterocycles.